The standard InChI is InChI=1S/C24H30FN3O5S2/c1-27(2)14-6-15-28(24-26-22-19(32-3)12-13-20(33-4)23(22)34-24)21(29)7-5-16-35(30,31)18-10-8-17(25)9-11-18/h8-13H,5-7,14-16H2,1-4H3. The third-order valence-corrected chi connectivity index (χ3v) is 8.30. The lowest BCUT2D eigenvalue weighted by molar-refractivity contribution is -0.118. The number of thiazole rings is 1. The number of sulfone groups is 1. The van der Waals surface area contributed by atoms with Crippen molar-refractivity contribution < 1.29 is 27.1 Å². The highest BCUT2D eigenvalue weighted by molar-refractivity contribution is 7.91. The molecule has 0 aliphatic heterocycles. The number of benzene rings is 2. The van der Waals surface area contributed by atoms with Crippen molar-refractivity contribution in [2.45, 2.75) is 24.2 Å². The molecule has 0 radical (unpaired) electrons. The Kier molecular flexibility index (Phi) is 9.03. The minimum absolute atomic E-state index is 0.0343. The van der Waals surface area contributed by atoms with E-state index in [9.17, 15) is 17.6 Å². The summed E-state index contributed by atoms with van der Waals surface area (Å²) < 4.78 is 50.0. The van der Waals surface area contributed by atoms with E-state index in [2.05, 4.69) is 4.98 Å². The molecule has 11 heteroatoms. The smallest absolute Gasteiger partial charge is 0.228 e. The highest BCUT2D eigenvalue weighted by Gasteiger charge is 2.23. The number of fused-ring (bicyclic) bond motifs is 1. The van der Waals surface area contributed by atoms with Gasteiger partial charge in [-0.25, -0.2) is 17.8 Å². The maximum atomic E-state index is 13.2. The Labute approximate surface area is 209 Å². The number of hydrogen-bond acceptors (Lipinski definition) is 8. The quantitative estimate of drug-likeness (QED) is 0.332. The summed E-state index contributed by atoms with van der Waals surface area (Å²) in [5.41, 5.74) is 0.608. The molecule has 0 bridgehead atoms. The van der Waals surface area contributed by atoms with Crippen molar-refractivity contribution in [3.63, 3.8) is 0 Å². The average Bonchev–Trinajstić information content (AvgIpc) is 3.26. The van der Waals surface area contributed by atoms with Gasteiger partial charge in [0, 0.05) is 13.0 Å². The van der Waals surface area contributed by atoms with Crippen molar-refractivity contribution in [3.05, 3.63) is 42.2 Å². The van der Waals surface area contributed by atoms with Crippen LogP contribution in [0.4, 0.5) is 9.52 Å². The lowest BCUT2D eigenvalue weighted by atomic mass is 10.3. The van der Waals surface area contributed by atoms with E-state index in [1.165, 1.54) is 23.5 Å². The monoisotopic (exact) mass is 523 g/mol. The number of nitrogens with zero attached hydrogens (tertiary/aromatic N) is 3. The number of carbonyl (C=O) groups is 1. The molecule has 190 valence electrons. The molecule has 0 aliphatic rings. The van der Waals surface area contributed by atoms with Gasteiger partial charge in [-0.15, -0.1) is 0 Å². The number of hydrogen-bond donors (Lipinski definition) is 0. The first-order chi connectivity index (χ1) is 16.7. The molecule has 0 spiro atoms. The molecule has 1 heterocycles. The molecule has 0 aliphatic carbocycles. The minimum Gasteiger partial charge on any atom is -0.495 e. The Morgan fingerprint density at radius 3 is 2.29 bits per heavy atom. The van der Waals surface area contributed by atoms with E-state index in [0.717, 1.165) is 29.8 Å². The van der Waals surface area contributed by atoms with Gasteiger partial charge in [-0.3, -0.25) is 9.69 Å². The largest absolute Gasteiger partial charge is 0.495 e. The van der Waals surface area contributed by atoms with Gasteiger partial charge in [-0.1, -0.05) is 11.3 Å². The Balaban J connectivity index is 1.80. The Hall–Kier alpha value is -2.76. The number of aromatic nitrogens is 1. The van der Waals surface area contributed by atoms with Crippen LogP contribution in [0.5, 0.6) is 11.5 Å². The van der Waals surface area contributed by atoms with Crippen molar-refractivity contribution in [1.29, 1.82) is 0 Å². The number of carbonyl (C=O) groups excluding carboxylic acids is 1. The van der Waals surface area contributed by atoms with E-state index >= 15 is 0 Å². The zero-order valence-corrected chi connectivity index (χ0v) is 21.9. The summed E-state index contributed by atoms with van der Waals surface area (Å²) in [6.07, 6.45) is 0.893. The fourth-order valence-electron chi connectivity index (χ4n) is 3.57. The van der Waals surface area contributed by atoms with Crippen LogP contribution in [0, 0.1) is 5.82 Å². The summed E-state index contributed by atoms with van der Waals surface area (Å²) in [5, 5.41) is 0.507. The highest BCUT2D eigenvalue weighted by atomic mass is 32.2. The Morgan fingerprint density at radius 1 is 1.00 bits per heavy atom. The van der Waals surface area contributed by atoms with Gasteiger partial charge >= 0.3 is 0 Å². The SMILES string of the molecule is COc1ccc(OC)c2sc(N(CCCN(C)C)C(=O)CCCS(=O)(=O)c3ccc(F)cc3)nc12. The van der Waals surface area contributed by atoms with Gasteiger partial charge in [0.1, 0.15) is 27.5 Å². The third-order valence-electron chi connectivity index (χ3n) is 5.39. The van der Waals surface area contributed by atoms with E-state index in [1.807, 2.05) is 19.0 Å². The van der Waals surface area contributed by atoms with Crippen LogP contribution in [0.1, 0.15) is 19.3 Å². The predicted molar refractivity (Wildman–Crippen MR) is 136 cm³/mol. The van der Waals surface area contributed by atoms with Crippen molar-refractivity contribution in [2.24, 2.45) is 0 Å². The van der Waals surface area contributed by atoms with E-state index in [-0.39, 0.29) is 29.4 Å². The minimum atomic E-state index is -3.62. The average molecular weight is 524 g/mol. The van der Waals surface area contributed by atoms with Gasteiger partial charge < -0.3 is 14.4 Å². The van der Waals surface area contributed by atoms with Crippen molar-refractivity contribution >= 4 is 42.4 Å². The first kappa shape index (κ1) is 26.8. The van der Waals surface area contributed by atoms with Crippen LogP contribution < -0.4 is 14.4 Å². The van der Waals surface area contributed by atoms with Gasteiger partial charge in [0.05, 0.1) is 24.9 Å². The number of methoxy groups -OCH3 is 2. The van der Waals surface area contributed by atoms with Gasteiger partial charge in [0.25, 0.3) is 0 Å². The summed E-state index contributed by atoms with van der Waals surface area (Å²) in [4.78, 5) is 21.6. The maximum Gasteiger partial charge on any atom is 0.228 e. The molecule has 8 nitrogen and oxygen atoms in total. The second-order valence-electron chi connectivity index (χ2n) is 8.22. The number of anilines is 1. The molecule has 35 heavy (non-hydrogen) atoms. The van der Waals surface area contributed by atoms with Crippen LogP contribution in [-0.2, 0) is 14.6 Å². The molecule has 0 saturated heterocycles. The Bertz CT molecular complexity index is 1220. The summed E-state index contributed by atoms with van der Waals surface area (Å²) in [6.45, 7) is 1.21. The molecule has 0 N–H and O–H groups in total. The molecule has 3 aromatic rings. The van der Waals surface area contributed by atoms with Crippen LogP contribution >= 0.6 is 11.3 Å². The maximum absolute atomic E-state index is 13.2. The van der Waals surface area contributed by atoms with E-state index < -0.39 is 15.7 Å². The van der Waals surface area contributed by atoms with Crippen molar-refractivity contribution in [1.82, 2.24) is 9.88 Å². The summed E-state index contributed by atoms with van der Waals surface area (Å²) in [7, 11) is 3.43. The topological polar surface area (TPSA) is 89.0 Å². The normalized spacial score (nSPS) is 11.7. The highest BCUT2D eigenvalue weighted by Crippen LogP contribution is 2.40. The summed E-state index contributed by atoms with van der Waals surface area (Å²) in [6, 6.07) is 8.26. The first-order valence-electron chi connectivity index (χ1n) is 11.1. The van der Waals surface area contributed by atoms with Crippen LogP contribution in [0.15, 0.2) is 41.3 Å². The van der Waals surface area contributed by atoms with E-state index in [4.69, 9.17) is 9.47 Å². The number of halogens is 1. The molecule has 1 aromatic heterocycles. The van der Waals surface area contributed by atoms with Crippen LogP contribution in [-0.4, -0.2) is 71.4 Å². The fraction of sp³-hybridized carbons (Fsp3) is 0.417. The lowest BCUT2D eigenvalue weighted by Crippen LogP contribution is -2.33. The van der Waals surface area contributed by atoms with Gasteiger partial charge in [0.15, 0.2) is 15.0 Å². The van der Waals surface area contributed by atoms with Crippen molar-refractivity contribution in [2.75, 3.05) is 52.1 Å². The zero-order valence-electron chi connectivity index (χ0n) is 20.3. The van der Waals surface area contributed by atoms with E-state index in [0.29, 0.717) is 28.7 Å². The third kappa shape index (κ3) is 6.68. The van der Waals surface area contributed by atoms with Crippen LogP contribution in [0.2, 0.25) is 0 Å². The lowest BCUT2D eigenvalue weighted by Gasteiger charge is -2.21. The molecule has 3 rings (SSSR count). The predicted octanol–water partition coefficient (Wildman–Crippen LogP) is 3.99. The Morgan fingerprint density at radius 2 is 1.66 bits per heavy atom. The molecule has 2 aromatic carbocycles. The molecule has 0 atom stereocenters. The second-order valence-corrected chi connectivity index (χ2v) is 11.3. The van der Waals surface area contributed by atoms with Gasteiger partial charge in [0.2, 0.25) is 5.91 Å². The summed E-state index contributed by atoms with van der Waals surface area (Å²) >= 11 is 1.33. The number of amides is 1. The van der Waals surface area contributed by atoms with E-state index in [1.54, 1.807) is 31.3 Å². The van der Waals surface area contributed by atoms with Crippen LogP contribution in [0.3, 0.4) is 0 Å². The molecule has 0 fully saturated rings. The first-order valence-corrected chi connectivity index (χ1v) is 13.6. The molecule has 0 unspecified atom stereocenters. The fourth-order valence-corrected chi connectivity index (χ4v) is 6.00. The van der Waals surface area contributed by atoms with Crippen molar-refractivity contribution in [3.8, 4) is 11.5 Å². The molecular formula is C24H30FN3O5S2. The molecular weight excluding hydrogens is 493 g/mol. The number of ether oxygens (including phenoxy) is 2. The second kappa shape index (κ2) is 11.8. The molecule has 1 amide bonds. The van der Waals surface area contributed by atoms with Gasteiger partial charge in [-0.05, 0) is 69.9 Å². The molecule has 0 saturated carbocycles. The van der Waals surface area contributed by atoms with Crippen LogP contribution in [0.25, 0.3) is 10.2 Å². The number of rotatable bonds is 12. The van der Waals surface area contributed by atoms with Gasteiger partial charge in [-0.2, -0.15) is 0 Å². The zero-order chi connectivity index (χ0) is 25.6. The summed E-state index contributed by atoms with van der Waals surface area (Å²) in [5.74, 6) is 0.286.